The van der Waals surface area contributed by atoms with Crippen LogP contribution < -0.4 is 0 Å². The smallest absolute Gasteiger partial charge is 0.162 e. The van der Waals surface area contributed by atoms with Gasteiger partial charge in [0, 0.05) is 24.9 Å². The van der Waals surface area contributed by atoms with Crippen molar-refractivity contribution in [1.82, 2.24) is 0 Å². The number of rotatable bonds is 4. The molecule has 0 heterocycles. The summed E-state index contributed by atoms with van der Waals surface area (Å²) in [5.74, 6) is 2.12. The second-order valence-corrected chi connectivity index (χ2v) is 10.3. The minimum Gasteiger partial charge on any atom is -0.393 e. The van der Waals surface area contributed by atoms with Gasteiger partial charge in [-0.2, -0.15) is 0 Å². The summed E-state index contributed by atoms with van der Waals surface area (Å²) in [5.41, 5.74) is -0.127. The van der Waals surface area contributed by atoms with Crippen LogP contribution in [0, 0.1) is 40.4 Å². The molecule has 0 bridgehead atoms. The Balaban J connectivity index is 0.00000117. The van der Waals surface area contributed by atoms with E-state index in [2.05, 4.69) is 13.8 Å². The molecule has 0 aromatic rings. The average Bonchev–Trinajstić information content (AvgIpc) is 3.04. The molecule has 4 aliphatic carbocycles. The van der Waals surface area contributed by atoms with Gasteiger partial charge in [-0.25, -0.2) is 0 Å². The lowest BCUT2D eigenvalue weighted by Gasteiger charge is -2.59. The van der Waals surface area contributed by atoms with Crippen LogP contribution in [0.25, 0.3) is 0 Å². The fourth-order valence-corrected chi connectivity index (χ4v) is 7.88. The lowest BCUT2D eigenvalue weighted by atomic mass is 9.44. The topological polar surface area (TPSA) is 80.7 Å². The lowest BCUT2D eigenvalue weighted by molar-refractivity contribution is -0.163. The molecule has 0 amide bonds. The molecule has 164 valence electrons. The number of hydrogen-bond donors (Lipinski definition) is 1. The van der Waals surface area contributed by atoms with Gasteiger partial charge in [0.15, 0.2) is 5.78 Å². The zero-order chi connectivity index (χ0) is 21.4. The summed E-state index contributed by atoms with van der Waals surface area (Å²) in [6, 6.07) is 0. The highest BCUT2D eigenvalue weighted by Gasteiger charge is 2.63. The Morgan fingerprint density at radius 2 is 1.86 bits per heavy atom. The molecule has 0 aliphatic heterocycles. The van der Waals surface area contributed by atoms with Crippen molar-refractivity contribution in [3.8, 4) is 0 Å². The first-order chi connectivity index (χ1) is 13.8. The van der Waals surface area contributed by atoms with E-state index in [1.807, 2.05) is 13.7 Å². The highest BCUT2D eigenvalue weighted by atomic mass is 16.5. The Bertz CT molecular complexity index is 633. The number of hydrogen-bond acceptors (Lipinski definition) is 5. The monoisotopic (exact) mass is 406 g/mol. The van der Waals surface area contributed by atoms with Gasteiger partial charge in [0.1, 0.15) is 19.2 Å². The molecule has 1 N–H and O–H groups in total. The van der Waals surface area contributed by atoms with Crippen LogP contribution in [-0.4, -0.2) is 42.8 Å². The number of ketones is 2. The second kappa shape index (κ2) is 8.58. The van der Waals surface area contributed by atoms with E-state index in [9.17, 15) is 14.7 Å². The minimum atomic E-state index is -0.185. The number of carbonyl (C=O) groups excluding carboxylic acids is 3. The molecule has 5 heteroatoms. The second-order valence-electron chi connectivity index (χ2n) is 10.3. The molecule has 4 aliphatic rings. The molecule has 0 aromatic carbocycles. The third-order valence-corrected chi connectivity index (χ3v) is 9.16. The Hall–Kier alpha value is -1.07. The number of aliphatic hydroxyl groups is 1. The van der Waals surface area contributed by atoms with Crippen LogP contribution >= 0.6 is 0 Å². The van der Waals surface area contributed by atoms with Crippen molar-refractivity contribution in [2.75, 3.05) is 13.2 Å². The third kappa shape index (κ3) is 3.63. The van der Waals surface area contributed by atoms with Crippen molar-refractivity contribution in [2.24, 2.45) is 40.4 Å². The molecule has 5 nitrogen and oxygen atoms in total. The molecule has 0 saturated heterocycles. The SMILES string of the molecule is C=O.CCOCC(=O)[C@H]1CC[C@H]2[C@@H]3CC[C@H]4C[C@H](O)CC[C@]4(C)[C@H]3C(=O)C[C@]12C. The maximum atomic E-state index is 13.5. The van der Waals surface area contributed by atoms with Crippen LogP contribution in [0.5, 0.6) is 0 Å². The normalized spacial score (nSPS) is 46.0. The first-order valence-corrected chi connectivity index (χ1v) is 11.4. The molecule has 0 spiro atoms. The van der Waals surface area contributed by atoms with Crippen molar-refractivity contribution < 1.29 is 24.2 Å². The van der Waals surface area contributed by atoms with Crippen molar-refractivity contribution in [3.63, 3.8) is 0 Å². The molecular weight excluding hydrogens is 368 g/mol. The highest BCUT2D eigenvalue weighted by Crippen LogP contribution is 2.66. The number of carbonyl (C=O) groups is 3. The molecule has 4 saturated carbocycles. The van der Waals surface area contributed by atoms with E-state index in [0.29, 0.717) is 36.6 Å². The number of ether oxygens (including phenoxy) is 1. The lowest BCUT2D eigenvalue weighted by Crippen LogP contribution is -2.58. The van der Waals surface area contributed by atoms with E-state index in [4.69, 9.17) is 9.53 Å². The maximum Gasteiger partial charge on any atom is 0.162 e. The minimum absolute atomic E-state index is 0.0161. The molecule has 0 radical (unpaired) electrons. The van der Waals surface area contributed by atoms with Crippen LogP contribution in [-0.2, 0) is 19.1 Å². The first kappa shape index (κ1) is 22.6. The van der Waals surface area contributed by atoms with Crippen LogP contribution in [0.4, 0.5) is 0 Å². The summed E-state index contributed by atoms with van der Waals surface area (Å²) >= 11 is 0. The molecule has 8 atom stereocenters. The number of Topliss-reactive ketones (excluding diaryl/α,β-unsaturated/α-hetero) is 2. The Kier molecular flexibility index (Phi) is 6.69. The van der Waals surface area contributed by atoms with Gasteiger partial charge in [0.25, 0.3) is 0 Å². The quantitative estimate of drug-likeness (QED) is 0.771. The Morgan fingerprint density at radius 3 is 2.55 bits per heavy atom. The predicted octanol–water partition coefficient (Wildman–Crippen LogP) is 3.61. The predicted molar refractivity (Wildman–Crippen MR) is 110 cm³/mol. The molecule has 4 rings (SSSR count). The summed E-state index contributed by atoms with van der Waals surface area (Å²) in [7, 11) is 0. The third-order valence-electron chi connectivity index (χ3n) is 9.16. The van der Waals surface area contributed by atoms with E-state index < -0.39 is 0 Å². The van der Waals surface area contributed by atoms with E-state index in [1.165, 1.54) is 0 Å². The largest absolute Gasteiger partial charge is 0.393 e. The van der Waals surface area contributed by atoms with Gasteiger partial charge in [-0.1, -0.05) is 13.8 Å². The van der Waals surface area contributed by atoms with Crippen molar-refractivity contribution >= 4 is 18.4 Å². The van der Waals surface area contributed by atoms with E-state index in [1.54, 1.807) is 0 Å². The van der Waals surface area contributed by atoms with E-state index in [-0.39, 0.29) is 41.2 Å². The van der Waals surface area contributed by atoms with Crippen LogP contribution in [0.15, 0.2) is 0 Å². The van der Waals surface area contributed by atoms with Gasteiger partial charge in [-0.15, -0.1) is 0 Å². The Labute approximate surface area is 175 Å². The van der Waals surface area contributed by atoms with Crippen LogP contribution in [0.1, 0.15) is 72.1 Å². The van der Waals surface area contributed by atoms with Gasteiger partial charge in [0.05, 0.1) is 6.10 Å². The Morgan fingerprint density at radius 1 is 1.14 bits per heavy atom. The fraction of sp³-hybridized carbons (Fsp3) is 0.875. The van der Waals surface area contributed by atoms with E-state index in [0.717, 1.165) is 44.9 Å². The highest BCUT2D eigenvalue weighted by molar-refractivity contribution is 5.88. The number of fused-ring (bicyclic) bond motifs is 5. The molecular formula is C24H38O5. The summed E-state index contributed by atoms with van der Waals surface area (Å²) in [6.45, 7) is 9.22. The summed E-state index contributed by atoms with van der Waals surface area (Å²) in [6.07, 6.45) is 7.27. The van der Waals surface area contributed by atoms with Gasteiger partial charge in [-0.3, -0.25) is 9.59 Å². The average molecular weight is 407 g/mol. The summed E-state index contributed by atoms with van der Waals surface area (Å²) in [4.78, 5) is 34.3. The fourth-order valence-electron chi connectivity index (χ4n) is 7.88. The molecule has 0 aromatic heterocycles. The standard InChI is InChI=1S/C23H36O4.CH2O/c1-4-27-13-20(26)18-8-7-17-16-6-5-14-11-15(24)9-10-22(14,2)21(16)19(25)12-23(17,18)3;1-2/h14-18,21,24H,4-13H2,1-3H3;1H2/t14-,15+,16-,17-,18+,21+,22-,23-;/m0./s1. The van der Waals surface area contributed by atoms with Crippen LogP contribution in [0.3, 0.4) is 0 Å². The molecule has 4 fully saturated rings. The van der Waals surface area contributed by atoms with E-state index >= 15 is 0 Å². The molecule has 29 heavy (non-hydrogen) atoms. The maximum absolute atomic E-state index is 13.5. The zero-order valence-corrected chi connectivity index (χ0v) is 18.3. The summed E-state index contributed by atoms with van der Waals surface area (Å²) in [5, 5.41) is 10.1. The van der Waals surface area contributed by atoms with Gasteiger partial charge in [-0.05, 0) is 80.5 Å². The van der Waals surface area contributed by atoms with Gasteiger partial charge < -0.3 is 14.6 Å². The van der Waals surface area contributed by atoms with Crippen molar-refractivity contribution in [3.05, 3.63) is 0 Å². The van der Waals surface area contributed by atoms with Crippen molar-refractivity contribution in [1.29, 1.82) is 0 Å². The molecule has 0 unspecified atom stereocenters. The number of aliphatic hydroxyl groups excluding tert-OH is 1. The van der Waals surface area contributed by atoms with Crippen LogP contribution in [0.2, 0.25) is 0 Å². The van der Waals surface area contributed by atoms with Gasteiger partial charge in [0.2, 0.25) is 0 Å². The van der Waals surface area contributed by atoms with Gasteiger partial charge >= 0.3 is 0 Å². The summed E-state index contributed by atoms with van der Waals surface area (Å²) < 4.78 is 5.40. The first-order valence-electron chi connectivity index (χ1n) is 11.4. The zero-order valence-electron chi connectivity index (χ0n) is 18.3. The van der Waals surface area contributed by atoms with Crippen molar-refractivity contribution in [2.45, 2.75) is 78.2 Å².